The van der Waals surface area contributed by atoms with Crippen LogP contribution in [0, 0.1) is 0 Å². The Morgan fingerprint density at radius 2 is 1.86 bits per heavy atom. The maximum atomic E-state index is 12.0. The summed E-state index contributed by atoms with van der Waals surface area (Å²) in [6.45, 7) is 0.276. The topological polar surface area (TPSA) is 59.1 Å². The first kappa shape index (κ1) is 14.4. The van der Waals surface area contributed by atoms with Crippen molar-refractivity contribution in [1.82, 2.24) is 9.71 Å². The van der Waals surface area contributed by atoms with Gasteiger partial charge in [-0.25, -0.2) is 18.1 Å². The van der Waals surface area contributed by atoms with E-state index in [-0.39, 0.29) is 6.54 Å². The van der Waals surface area contributed by atoms with Crippen molar-refractivity contribution in [2.24, 2.45) is 0 Å². The van der Waals surface area contributed by atoms with Gasteiger partial charge in [-0.1, -0.05) is 30.3 Å². The highest BCUT2D eigenvalue weighted by Gasteiger charge is 2.14. The molecule has 0 aliphatic rings. The van der Waals surface area contributed by atoms with Gasteiger partial charge in [0, 0.05) is 23.7 Å². The lowest BCUT2D eigenvalue weighted by molar-refractivity contribution is 0.583. The molecule has 3 rings (SSSR count). The number of sulfonamides is 1. The predicted molar refractivity (Wildman–Crippen MR) is 85.9 cm³/mol. The highest BCUT2D eigenvalue weighted by molar-refractivity contribution is 7.91. The van der Waals surface area contributed by atoms with Gasteiger partial charge in [0.15, 0.2) is 0 Å². The second-order valence-electron chi connectivity index (χ2n) is 4.29. The first-order valence-corrected chi connectivity index (χ1v) is 9.41. The van der Waals surface area contributed by atoms with Crippen LogP contribution in [0.4, 0.5) is 0 Å². The van der Waals surface area contributed by atoms with Gasteiger partial charge in [0.25, 0.3) is 0 Å². The quantitative estimate of drug-likeness (QED) is 0.777. The third kappa shape index (κ3) is 3.38. The number of nitrogens with zero attached hydrogens (tertiary/aromatic N) is 1. The zero-order valence-corrected chi connectivity index (χ0v) is 13.3. The van der Waals surface area contributed by atoms with Gasteiger partial charge in [0.1, 0.15) is 9.22 Å². The molecule has 0 amide bonds. The summed E-state index contributed by atoms with van der Waals surface area (Å²) in [6.07, 6.45) is 1.77. The van der Waals surface area contributed by atoms with Gasteiger partial charge in [-0.2, -0.15) is 0 Å². The molecule has 0 aliphatic carbocycles. The molecule has 0 saturated heterocycles. The maximum absolute atomic E-state index is 12.0. The summed E-state index contributed by atoms with van der Waals surface area (Å²) in [5, 5.41) is 4.64. The summed E-state index contributed by atoms with van der Waals surface area (Å²) < 4.78 is 27.0. The molecule has 0 fully saturated rings. The van der Waals surface area contributed by atoms with Crippen LogP contribution in [-0.2, 0) is 16.6 Å². The van der Waals surface area contributed by atoms with Crippen LogP contribution in [-0.4, -0.2) is 13.4 Å². The molecule has 0 bridgehead atoms. The Kier molecular flexibility index (Phi) is 4.16. The number of hydrogen-bond acceptors (Lipinski definition) is 5. The Labute approximate surface area is 131 Å². The Balaban J connectivity index is 1.69. The predicted octanol–water partition coefficient (Wildman–Crippen LogP) is 3.35. The van der Waals surface area contributed by atoms with E-state index >= 15 is 0 Å². The number of thiazole rings is 1. The molecule has 0 radical (unpaired) electrons. The molecule has 1 N–H and O–H groups in total. The van der Waals surface area contributed by atoms with Gasteiger partial charge in [0.2, 0.25) is 10.0 Å². The number of rotatable bonds is 5. The molecule has 0 spiro atoms. The highest BCUT2D eigenvalue weighted by atomic mass is 32.2. The number of hydrogen-bond donors (Lipinski definition) is 1. The van der Waals surface area contributed by atoms with Crippen molar-refractivity contribution >= 4 is 32.7 Å². The Morgan fingerprint density at radius 3 is 2.48 bits per heavy atom. The molecule has 3 aromatic rings. The number of benzene rings is 1. The normalized spacial score (nSPS) is 11.6. The number of nitrogens with one attached hydrogen (secondary N) is 1. The van der Waals surface area contributed by atoms with Gasteiger partial charge in [-0.05, 0) is 17.0 Å². The van der Waals surface area contributed by atoms with E-state index in [1.54, 1.807) is 35.0 Å². The van der Waals surface area contributed by atoms with Gasteiger partial charge in [-0.15, -0.1) is 22.7 Å². The minimum Gasteiger partial charge on any atom is -0.245 e. The number of thiophene rings is 1. The fourth-order valence-corrected chi connectivity index (χ4v) is 4.50. The van der Waals surface area contributed by atoms with Crippen LogP contribution in [0.15, 0.2) is 57.6 Å². The molecule has 0 aliphatic heterocycles. The van der Waals surface area contributed by atoms with Gasteiger partial charge in [-0.3, -0.25) is 0 Å². The van der Waals surface area contributed by atoms with Crippen molar-refractivity contribution in [1.29, 1.82) is 0 Å². The van der Waals surface area contributed by atoms with E-state index in [0.717, 1.165) is 16.1 Å². The van der Waals surface area contributed by atoms with Crippen LogP contribution in [0.5, 0.6) is 0 Å². The SMILES string of the molecule is O=S(=O)(NCc1ccc(-c2nccs2)cc1)c1cccs1. The van der Waals surface area contributed by atoms with Crippen LogP contribution in [0.3, 0.4) is 0 Å². The number of aromatic nitrogens is 1. The molecular weight excluding hydrogens is 324 g/mol. The second kappa shape index (κ2) is 6.07. The van der Waals surface area contributed by atoms with E-state index in [4.69, 9.17) is 0 Å². The van der Waals surface area contributed by atoms with Gasteiger partial charge in [0.05, 0.1) is 0 Å². The molecule has 21 heavy (non-hydrogen) atoms. The standard InChI is InChI=1S/C14H12N2O2S3/c17-21(18,13-2-1-8-19-13)16-10-11-3-5-12(6-4-11)14-15-7-9-20-14/h1-9,16H,10H2. The summed E-state index contributed by atoms with van der Waals surface area (Å²) in [7, 11) is -3.41. The molecular formula is C14H12N2O2S3. The fourth-order valence-electron chi connectivity index (χ4n) is 1.80. The summed E-state index contributed by atoms with van der Waals surface area (Å²) in [5.41, 5.74) is 1.95. The fraction of sp³-hybridized carbons (Fsp3) is 0.0714. The smallest absolute Gasteiger partial charge is 0.245 e. The third-order valence-electron chi connectivity index (χ3n) is 2.86. The zero-order chi connectivity index (χ0) is 14.7. The largest absolute Gasteiger partial charge is 0.250 e. The van der Waals surface area contributed by atoms with Crippen molar-refractivity contribution < 1.29 is 8.42 Å². The first-order valence-electron chi connectivity index (χ1n) is 6.17. The molecule has 2 heterocycles. The minimum absolute atomic E-state index is 0.276. The van der Waals surface area contributed by atoms with Crippen molar-refractivity contribution in [3.63, 3.8) is 0 Å². The summed E-state index contributed by atoms with van der Waals surface area (Å²) >= 11 is 2.78. The lowest BCUT2D eigenvalue weighted by Crippen LogP contribution is -2.22. The van der Waals surface area contributed by atoms with Crippen molar-refractivity contribution in [2.75, 3.05) is 0 Å². The van der Waals surface area contributed by atoms with E-state index in [0.29, 0.717) is 4.21 Å². The van der Waals surface area contributed by atoms with E-state index in [1.807, 2.05) is 29.6 Å². The molecule has 0 atom stereocenters. The van der Waals surface area contributed by atoms with E-state index in [9.17, 15) is 8.42 Å². The molecule has 0 saturated carbocycles. The van der Waals surface area contributed by atoms with Crippen molar-refractivity contribution in [2.45, 2.75) is 10.8 Å². The molecule has 108 valence electrons. The lowest BCUT2D eigenvalue weighted by atomic mass is 10.1. The summed E-state index contributed by atoms with van der Waals surface area (Å²) in [5.74, 6) is 0. The van der Waals surface area contributed by atoms with Crippen LogP contribution in [0.2, 0.25) is 0 Å². The third-order valence-corrected chi connectivity index (χ3v) is 6.48. The Bertz CT molecular complexity index is 793. The highest BCUT2D eigenvalue weighted by Crippen LogP contribution is 2.22. The Hall–Kier alpha value is -1.54. The Morgan fingerprint density at radius 1 is 1.05 bits per heavy atom. The zero-order valence-electron chi connectivity index (χ0n) is 10.9. The average molecular weight is 336 g/mol. The molecule has 0 unspecified atom stereocenters. The van der Waals surface area contributed by atoms with Crippen LogP contribution < -0.4 is 4.72 Å². The van der Waals surface area contributed by atoms with E-state index in [1.165, 1.54) is 11.3 Å². The first-order chi connectivity index (χ1) is 10.1. The summed E-state index contributed by atoms with van der Waals surface area (Å²) in [4.78, 5) is 4.24. The molecule has 2 aromatic heterocycles. The monoisotopic (exact) mass is 336 g/mol. The molecule has 7 heteroatoms. The average Bonchev–Trinajstić information content (AvgIpc) is 3.19. The van der Waals surface area contributed by atoms with Crippen LogP contribution in [0.1, 0.15) is 5.56 Å². The molecule has 1 aromatic carbocycles. The van der Waals surface area contributed by atoms with Crippen LogP contribution in [0.25, 0.3) is 10.6 Å². The summed E-state index contributed by atoms with van der Waals surface area (Å²) in [6, 6.07) is 11.0. The second-order valence-corrected chi connectivity index (χ2v) is 8.13. The minimum atomic E-state index is -3.41. The van der Waals surface area contributed by atoms with Gasteiger partial charge >= 0.3 is 0 Å². The lowest BCUT2D eigenvalue weighted by Gasteiger charge is -2.05. The maximum Gasteiger partial charge on any atom is 0.250 e. The van der Waals surface area contributed by atoms with E-state index < -0.39 is 10.0 Å². The van der Waals surface area contributed by atoms with Crippen LogP contribution >= 0.6 is 22.7 Å². The van der Waals surface area contributed by atoms with Gasteiger partial charge < -0.3 is 0 Å². The molecule has 4 nitrogen and oxygen atoms in total. The van der Waals surface area contributed by atoms with E-state index in [2.05, 4.69) is 9.71 Å². The van der Waals surface area contributed by atoms with Crippen molar-refractivity contribution in [3.05, 3.63) is 58.9 Å². The van der Waals surface area contributed by atoms with Crippen molar-refractivity contribution in [3.8, 4) is 10.6 Å².